The summed E-state index contributed by atoms with van der Waals surface area (Å²) in [7, 11) is 0. The summed E-state index contributed by atoms with van der Waals surface area (Å²) in [4.78, 5) is 0. The lowest BCUT2D eigenvalue weighted by Crippen LogP contribution is -2.02. The Kier molecular flexibility index (Phi) is 4.36. The first-order chi connectivity index (χ1) is 6.63. The van der Waals surface area contributed by atoms with Crippen LogP contribution in [0.3, 0.4) is 0 Å². The minimum Gasteiger partial charge on any atom is -0.396 e. The van der Waals surface area contributed by atoms with Gasteiger partial charge in [-0.1, -0.05) is 24.6 Å². The molecule has 0 heterocycles. The van der Waals surface area contributed by atoms with Gasteiger partial charge in [0, 0.05) is 6.61 Å². The molecule has 3 heteroatoms. The Bertz CT molecular complexity index is 301. The van der Waals surface area contributed by atoms with Gasteiger partial charge in [0.1, 0.15) is 5.82 Å². The van der Waals surface area contributed by atoms with E-state index in [4.69, 9.17) is 16.7 Å². The average molecular weight is 217 g/mol. The molecule has 0 saturated heterocycles. The van der Waals surface area contributed by atoms with Crippen molar-refractivity contribution in [1.82, 2.24) is 0 Å². The molecule has 78 valence electrons. The minimum absolute atomic E-state index is 0.166. The molecule has 0 bridgehead atoms. The molecule has 1 atom stereocenters. The van der Waals surface area contributed by atoms with Gasteiger partial charge in [-0.2, -0.15) is 0 Å². The highest BCUT2D eigenvalue weighted by Crippen LogP contribution is 2.18. The minimum atomic E-state index is -0.384. The van der Waals surface area contributed by atoms with E-state index in [0.29, 0.717) is 0 Å². The van der Waals surface area contributed by atoms with Crippen LogP contribution in [0.5, 0.6) is 0 Å². The van der Waals surface area contributed by atoms with E-state index in [2.05, 4.69) is 0 Å². The molecule has 1 rings (SSSR count). The van der Waals surface area contributed by atoms with Crippen molar-refractivity contribution >= 4 is 11.6 Å². The predicted octanol–water partition coefficient (Wildman–Crippen LogP) is 3.04. The fourth-order valence-corrected chi connectivity index (χ4v) is 1.40. The number of rotatable bonds is 4. The van der Waals surface area contributed by atoms with E-state index in [9.17, 15) is 4.39 Å². The summed E-state index contributed by atoms with van der Waals surface area (Å²) in [6, 6.07) is 4.74. The van der Waals surface area contributed by atoms with Crippen molar-refractivity contribution in [1.29, 1.82) is 0 Å². The summed E-state index contributed by atoms with van der Waals surface area (Å²) in [5, 5.41) is 8.99. The molecular formula is C11H14ClFO. The first-order valence-corrected chi connectivity index (χ1v) is 5.06. The van der Waals surface area contributed by atoms with E-state index in [1.807, 2.05) is 6.92 Å². The molecule has 0 aliphatic heterocycles. The normalized spacial score (nSPS) is 12.9. The molecule has 0 radical (unpaired) electrons. The largest absolute Gasteiger partial charge is 0.396 e. The topological polar surface area (TPSA) is 20.2 Å². The molecule has 1 aromatic rings. The zero-order valence-electron chi connectivity index (χ0n) is 8.13. The van der Waals surface area contributed by atoms with Crippen LogP contribution < -0.4 is 0 Å². The van der Waals surface area contributed by atoms with Gasteiger partial charge in [0.05, 0.1) is 5.02 Å². The molecule has 0 aromatic heterocycles. The second-order valence-electron chi connectivity index (χ2n) is 3.57. The third-order valence-corrected chi connectivity index (χ3v) is 2.51. The maximum absolute atomic E-state index is 12.8. The smallest absolute Gasteiger partial charge is 0.141 e. The van der Waals surface area contributed by atoms with Crippen molar-refractivity contribution in [2.75, 3.05) is 6.61 Å². The Balaban J connectivity index is 2.55. The number of hydrogen-bond acceptors (Lipinski definition) is 1. The third kappa shape index (κ3) is 3.28. The maximum atomic E-state index is 12.8. The molecule has 0 aliphatic carbocycles. The molecular weight excluding hydrogens is 203 g/mol. The summed E-state index contributed by atoms with van der Waals surface area (Å²) in [6.45, 7) is 2.17. The lowest BCUT2D eigenvalue weighted by atomic mass is 10.0. The van der Waals surface area contributed by atoms with Gasteiger partial charge >= 0.3 is 0 Å². The van der Waals surface area contributed by atoms with E-state index < -0.39 is 0 Å². The molecule has 14 heavy (non-hydrogen) atoms. The van der Waals surface area contributed by atoms with Crippen molar-refractivity contribution in [3.8, 4) is 0 Å². The number of benzene rings is 1. The van der Waals surface area contributed by atoms with E-state index in [1.54, 1.807) is 12.1 Å². The molecule has 0 amide bonds. The number of halogens is 2. The van der Waals surface area contributed by atoms with Crippen LogP contribution in [0, 0.1) is 11.7 Å². The summed E-state index contributed by atoms with van der Waals surface area (Å²) >= 11 is 5.64. The van der Waals surface area contributed by atoms with E-state index in [0.717, 1.165) is 18.4 Å². The maximum Gasteiger partial charge on any atom is 0.141 e. The SMILES string of the molecule is CC(CO)CCc1ccc(F)c(Cl)c1. The van der Waals surface area contributed by atoms with E-state index >= 15 is 0 Å². The second kappa shape index (κ2) is 5.32. The summed E-state index contributed by atoms with van der Waals surface area (Å²) in [5.41, 5.74) is 1.01. The van der Waals surface area contributed by atoms with E-state index in [1.165, 1.54) is 6.07 Å². The predicted molar refractivity (Wildman–Crippen MR) is 56.0 cm³/mol. The number of aliphatic hydroxyl groups is 1. The lowest BCUT2D eigenvalue weighted by molar-refractivity contribution is 0.230. The van der Waals surface area contributed by atoms with Gasteiger partial charge in [-0.15, -0.1) is 0 Å². The van der Waals surface area contributed by atoms with Crippen molar-refractivity contribution in [3.05, 3.63) is 34.6 Å². The fourth-order valence-electron chi connectivity index (χ4n) is 1.20. The molecule has 0 fully saturated rings. The number of aryl methyl sites for hydroxylation is 1. The fraction of sp³-hybridized carbons (Fsp3) is 0.455. The first kappa shape index (κ1) is 11.5. The van der Waals surface area contributed by atoms with Crippen LogP contribution in [-0.4, -0.2) is 11.7 Å². The Hall–Kier alpha value is -0.600. The standard InChI is InChI=1S/C11H14ClFO/c1-8(7-14)2-3-9-4-5-11(13)10(12)6-9/h4-6,8,14H,2-3,7H2,1H3. The Morgan fingerprint density at radius 2 is 2.21 bits per heavy atom. The summed E-state index contributed by atoms with van der Waals surface area (Å²) in [5.74, 6) is -0.107. The molecule has 1 nitrogen and oxygen atoms in total. The number of hydrogen-bond donors (Lipinski definition) is 1. The summed E-state index contributed by atoms with van der Waals surface area (Å²) in [6.07, 6.45) is 1.71. The molecule has 1 unspecified atom stereocenters. The second-order valence-corrected chi connectivity index (χ2v) is 3.98. The van der Waals surface area contributed by atoms with Crippen molar-refractivity contribution in [2.24, 2.45) is 5.92 Å². The average Bonchev–Trinajstić information content (AvgIpc) is 2.19. The monoisotopic (exact) mass is 216 g/mol. The zero-order valence-corrected chi connectivity index (χ0v) is 8.89. The Morgan fingerprint density at radius 1 is 1.50 bits per heavy atom. The van der Waals surface area contributed by atoms with Gasteiger partial charge in [-0.05, 0) is 36.5 Å². The quantitative estimate of drug-likeness (QED) is 0.820. The molecule has 0 spiro atoms. The van der Waals surface area contributed by atoms with Crippen LogP contribution in [-0.2, 0) is 6.42 Å². The number of aliphatic hydroxyl groups excluding tert-OH is 1. The van der Waals surface area contributed by atoms with E-state index in [-0.39, 0.29) is 23.4 Å². The van der Waals surface area contributed by atoms with Crippen LogP contribution >= 0.6 is 11.6 Å². The molecule has 0 aliphatic rings. The van der Waals surface area contributed by atoms with Crippen LogP contribution in [0.2, 0.25) is 5.02 Å². The molecule has 1 N–H and O–H groups in total. The highest BCUT2D eigenvalue weighted by atomic mass is 35.5. The first-order valence-electron chi connectivity index (χ1n) is 4.68. The van der Waals surface area contributed by atoms with Gasteiger partial charge in [0.2, 0.25) is 0 Å². The highest BCUT2D eigenvalue weighted by Gasteiger charge is 2.03. The lowest BCUT2D eigenvalue weighted by Gasteiger charge is -2.07. The van der Waals surface area contributed by atoms with Gasteiger partial charge < -0.3 is 5.11 Å². The van der Waals surface area contributed by atoms with Crippen LogP contribution in [0.25, 0.3) is 0 Å². The Labute approximate surface area is 88.5 Å². The Morgan fingerprint density at radius 3 is 2.79 bits per heavy atom. The summed E-state index contributed by atoms with van der Waals surface area (Å²) < 4.78 is 12.8. The van der Waals surface area contributed by atoms with Gasteiger partial charge in [-0.25, -0.2) is 4.39 Å². The third-order valence-electron chi connectivity index (χ3n) is 2.22. The van der Waals surface area contributed by atoms with Gasteiger partial charge in [0.25, 0.3) is 0 Å². The zero-order chi connectivity index (χ0) is 10.6. The van der Waals surface area contributed by atoms with Crippen LogP contribution in [0.4, 0.5) is 4.39 Å². The van der Waals surface area contributed by atoms with Crippen molar-refractivity contribution < 1.29 is 9.50 Å². The van der Waals surface area contributed by atoms with Crippen molar-refractivity contribution in [3.63, 3.8) is 0 Å². The van der Waals surface area contributed by atoms with Gasteiger partial charge in [0.15, 0.2) is 0 Å². The van der Waals surface area contributed by atoms with Crippen LogP contribution in [0.15, 0.2) is 18.2 Å². The van der Waals surface area contributed by atoms with Gasteiger partial charge in [-0.3, -0.25) is 0 Å². The molecule has 0 saturated carbocycles. The molecule has 1 aromatic carbocycles. The highest BCUT2D eigenvalue weighted by molar-refractivity contribution is 6.30. The van der Waals surface area contributed by atoms with Crippen LogP contribution in [0.1, 0.15) is 18.9 Å². The van der Waals surface area contributed by atoms with Crippen molar-refractivity contribution in [2.45, 2.75) is 19.8 Å².